The van der Waals surface area contributed by atoms with Crippen molar-refractivity contribution in [3.8, 4) is 0 Å². The van der Waals surface area contributed by atoms with E-state index in [4.69, 9.17) is 9.47 Å². The summed E-state index contributed by atoms with van der Waals surface area (Å²) in [7, 11) is 0. The average Bonchev–Trinajstić information content (AvgIpc) is 3.05. The molecule has 0 heterocycles. The second-order valence-corrected chi connectivity index (χ2v) is 13.9. The largest absolute Gasteiger partial charge is 0.466 e. The van der Waals surface area contributed by atoms with Crippen LogP contribution in [0.5, 0.6) is 0 Å². The highest BCUT2D eigenvalue weighted by molar-refractivity contribution is 5.69. The van der Waals surface area contributed by atoms with Crippen LogP contribution in [0.3, 0.4) is 0 Å². The van der Waals surface area contributed by atoms with Gasteiger partial charge in [-0.25, -0.2) is 0 Å². The highest BCUT2D eigenvalue weighted by atomic mass is 16.5. The van der Waals surface area contributed by atoms with E-state index < -0.39 is 0 Å². The van der Waals surface area contributed by atoms with Crippen LogP contribution in [0.2, 0.25) is 0 Å². The molecule has 0 atom stereocenters. The number of ether oxygens (including phenoxy) is 2. The Kier molecular flexibility index (Phi) is 38.7. The monoisotopic (exact) mass is 649 g/mol. The molecule has 4 nitrogen and oxygen atoms in total. The normalized spacial score (nSPS) is 11.4. The highest BCUT2D eigenvalue weighted by Crippen LogP contribution is 2.14. The smallest absolute Gasteiger partial charge is 0.305 e. The fourth-order valence-electron chi connectivity index (χ4n) is 6.05. The Morgan fingerprint density at radius 1 is 0.348 bits per heavy atom. The van der Waals surface area contributed by atoms with Gasteiger partial charge in [-0.2, -0.15) is 0 Å². The molecule has 0 saturated carbocycles. The van der Waals surface area contributed by atoms with Crippen LogP contribution in [0.4, 0.5) is 0 Å². The van der Waals surface area contributed by atoms with Crippen LogP contribution in [0, 0.1) is 0 Å². The molecule has 4 heteroatoms. The number of hydrogen-bond donors (Lipinski definition) is 0. The van der Waals surface area contributed by atoms with Crippen LogP contribution < -0.4 is 0 Å². The van der Waals surface area contributed by atoms with E-state index in [0.29, 0.717) is 26.1 Å². The summed E-state index contributed by atoms with van der Waals surface area (Å²) in [6.45, 7) is 5.75. The van der Waals surface area contributed by atoms with Crippen LogP contribution in [0.15, 0.2) is 12.2 Å². The molecule has 0 unspecified atom stereocenters. The quantitative estimate of drug-likeness (QED) is 0.0380. The number of allylic oxidation sites excluding steroid dienone is 2. The predicted octanol–water partition coefficient (Wildman–Crippen LogP) is 13.9. The second-order valence-electron chi connectivity index (χ2n) is 13.9. The molecule has 0 saturated heterocycles. The van der Waals surface area contributed by atoms with Gasteiger partial charge in [0.15, 0.2) is 0 Å². The molecule has 272 valence electrons. The van der Waals surface area contributed by atoms with Gasteiger partial charge < -0.3 is 9.47 Å². The molecule has 0 amide bonds. The van der Waals surface area contributed by atoms with E-state index in [1.54, 1.807) is 0 Å². The third kappa shape index (κ3) is 38.9. The van der Waals surface area contributed by atoms with E-state index in [-0.39, 0.29) is 11.9 Å². The van der Waals surface area contributed by atoms with Gasteiger partial charge in [-0.1, -0.05) is 180 Å². The molecule has 0 aromatic rings. The Bertz CT molecular complexity index is 590. The summed E-state index contributed by atoms with van der Waals surface area (Å²) in [6, 6.07) is 0. The summed E-state index contributed by atoms with van der Waals surface area (Å²) in [6.07, 6.45) is 45.9. The van der Waals surface area contributed by atoms with Gasteiger partial charge in [0.25, 0.3) is 0 Å². The van der Waals surface area contributed by atoms with Crippen molar-refractivity contribution in [3.63, 3.8) is 0 Å². The maximum absolute atomic E-state index is 11.9. The van der Waals surface area contributed by atoms with Crippen molar-refractivity contribution in [2.75, 3.05) is 13.2 Å². The maximum atomic E-state index is 11.9. The number of carbonyl (C=O) groups excluding carboxylic acids is 2. The Balaban J connectivity index is 3.26. The molecule has 0 fully saturated rings. The van der Waals surface area contributed by atoms with Crippen molar-refractivity contribution in [2.24, 2.45) is 0 Å². The Morgan fingerprint density at radius 2 is 0.609 bits per heavy atom. The minimum Gasteiger partial charge on any atom is -0.466 e. The van der Waals surface area contributed by atoms with Crippen LogP contribution in [0.25, 0.3) is 0 Å². The second kappa shape index (κ2) is 39.9. The van der Waals surface area contributed by atoms with Crippen molar-refractivity contribution < 1.29 is 19.1 Å². The average molecular weight is 649 g/mol. The molecule has 0 aliphatic carbocycles. The van der Waals surface area contributed by atoms with Crippen LogP contribution in [-0.2, 0) is 19.1 Å². The molecule has 0 radical (unpaired) electrons. The molecule has 0 aliphatic heterocycles. The standard InChI is InChI=1S/C42H80O4/c1-3-5-7-9-11-13-23-27-31-35-39-45-41(43)37-33-29-25-21-19-17-15-16-18-20-22-26-30-34-38-42(44)46-40-36-32-28-24-14-12-10-8-6-4-2/h15-16H,3-14,17-40H2,1-2H3. The van der Waals surface area contributed by atoms with Gasteiger partial charge in [0.2, 0.25) is 0 Å². The third-order valence-corrected chi connectivity index (χ3v) is 9.19. The van der Waals surface area contributed by atoms with Crippen molar-refractivity contribution in [2.45, 2.75) is 232 Å². The van der Waals surface area contributed by atoms with Gasteiger partial charge in [-0.15, -0.1) is 0 Å². The molecular weight excluding hydrogens is 568 g/mol. The lowest BCUT2D eigenvalue weighted by Gasteiger charge is -2.05. The SMILES string of the molecule is CCCCCCCCCCCCOC(=O)CCCCCCCC=CCCCCCCCC(=O)OCCCCCCCCCCCC. The third-order valence-electron chi connectivity index (χ3n) is 9.19. The summed E-state index contributed by atoms with van der Waals surface area (Å²) >= 11 is 0. The zero-order valence-corrected chi connectivity index (χ0v) is 31.2. The van der Waals surface area contributed by atoms with E-state index in [1.807, 2.05) is 0 Å². The number of hydrogen-bond acceptors (Lipinski definition) is 4. The number of carbonyl (C=O) groups is 2. The first kappa shape index (κ1) is 44.7. The van der Waals surface area contributed by atoms with Gasteiger partial charge in [0.05, 0.1) is 13.2 Å². The molecule has 0 spiro atoms. The van der Waals surface area contributed by atoms with Crippen molar-refractivity contribution in [1.29, 1.82) is 0 Å². The maximum Gasteiger partial charge on any atom is 0.305 e. The lowest BCUT2D eigenvalue weighted by molar-refractivity contribution is -0.144. The number of unbranched alkanes of at least 4 members (excludes halogenated alkanes) is 28. The molecule has 46 heavy (non-hydrogen) atoms. The molecule has 0 rings (SSSR count). The van der Waals surface area contributed by atoms with Gasteiger partial charge in [-0.05, 0) is 51.4 Å². The molecule has 0 aromatic carbocycles. The Labute approximate surface area is 288 Å². The number of esters is 2. The molecule has 0 N–H and O–H groups in total. The lowest BCUT2D eigenvalue weighted by Crippen LogP contribution is -2.05. The van der Waals surface area contributed by atoms with Crippen molar-refractivity contribution in [3.05, 3.63) is 12.2 Å². The van der Waals surface area contributed by atoms with Crippen molar-refractivity contribution >= 4 is 11.9 Å². The minimum absolute atomic E-state index is 0.00354. The Hall–Kier alpha value is -1.32. The van der Waals surface area contributed by atoms with Gasteiger partial charge >= 0.3 is 11.9 Å². The summed E-state index contributed by atoms with van der Waals surface area (Å²) < 4.78 is 10.8. The van der Waals surface area contributed by atoms with E-state index in [0.717, 1.165) is 38.5 Å². The topological polar surface area (TPSA) is 52.6 Å². The summed E-state index contributed by atoms with van der Waals surface area (Å²) in [5.41, 5.74) is 0. The fraction of sp³-hybridized carbons (Fsp3) is 0.905. The van der Waals surface area contributed by atoms with Gasteiger partial charge in [0, 0.05) is 12.8 Å². The molecule has 0 aromatic heterocycles. The number of rotatable bonds is 38. The van der Waals surface area contributed by atoms with E-state index in [9.17, 15) is 9.59 Å². The van der Waals surface area contributed by atoms with Gasteiger partial charge in [0.1, 0.15) is 0 Å². The summed E-state index contributed by atoms with van der Waals surface area (Å²) in [5, 5.41) is 0. The van der Waals surface area contributed by atoms with Crippen LogP contribution in [0.1, 0.15) is 232 Å². The molecule has 0 bridgehead atoms. The minimum atomic E-state index is -0.00354. The van der Waals surface area contributed by atoms with Crippen LogP contribution in [-0.4, -0.2) is 25.2 Å². The zero-order chi connectivity index (χ0) is 33.4. The first-order chi connectivity index (χ1) is 22.7. The zero-order valence-electron chi connectivity index (χ0n) is 31.2. The highest BCUT2D eigenvalue weighted by Gasteiger charge is 2.04. The van der Waals surface area contributed by atoms with Crippen LogP contribution >= 0.6 is 0 Å². The van der Waals surface area contributed by atoms with E-state index in [2.05, 4.69) is 26.0 Å². The fourth-order valence-corrected chi connectivity index (χ4v) is 6.05. The van der Waals surface area contributed by atoms with Gasteiger partial charge in [-0.3, -0.25) is 9.59 Å². The van der Waals surface area contributed by atoms with Crippen molar-refractivity contribution in [1.82, 2.24) is 0 Å². The molecule has 0 aliphatic rings. The summed E-state index contributed by atoms with van der Waals surface area (Å²) in [5.74, 6) is -0.00708. The first-order valence-electron chi connectivity index (χ1n) is 20.7. The molecular formula is C42H80O4. The Morgan fingerprint density at radius 3 is 0.935 bits per heavy atom. The van der Waals surface area contributed by atoms with E-state index in [1.165, 1.54) is 167 Å². The van der Waals surface area contributed by atoms with E-state index >= 15 is 0 Å². The lowest BCUT2D eigenvalue weighted by atomic mass is 10.1. The summed E-state index contributed by atoms with van der Waals surface area (Å²) in [4.78, 5) is 23.8. The predicted molar refractivity (Wildman–Crippen MR) is 199 cm³/mol. The first-order valence-corrected chi connectivity index (χ1v) is 20.7.